The summed E-state index contributed by atoms with van der Waals surface area (Å²) < 4.78 is 35.9. The summed E-state index contributed by atoms with van der Waals surface area (Å²) in [4.78, 5) is 28.3. The summed E-state index contributed by atoms with van der Waals surface area (Å²) in [6.07, 6.45) is -3.89. The van der Waals surface area contributed by atoms with Crippen molar-refractivity contribution in [2.75, 3.05) is 0 Å². The maximum absolute atomic E-state index is 12.7. The molecule has 0 saturated heterocycles. The van der Waals surface area contributed by atoms with Crippen molar-refractivity contribution in [1.82, 2.24) is 15.5 Å². The molecule has 0 bridgehead atoms. The predicted octanol–water partition coefficient (Wildman–Crippen LogP) is 3.25. The van der Waals surface area contributed by atoms with Crippen LogP contribution in [0.5, 0.6) is 0 Å². The summed E-state index contributed by atoms with van der Waals surface area (Å²) in [6.45, 7) is 5.07. The van der Waals surface area contributed by atoms with E-state index < -0.39 is 30.8 Å². The number of pyridine rings is 1. The van der Waals surface area contributed by atoms with Gasteiger partial charge in [0.05, 0.1) is 22.3 Å². The van der Waals surface area contributed by atoms with Crippen molar-refractivity contribution in [3.63, 3.8) is 0 Å². The highest BCUT2D eigenvalue weighted by molar-refractivity contribution is 6.08. The van der Waals surface area contributed by atoms with Crippen molar-refractivity contribution in [1.29, 1.82) is 0 Å². The molecule has 1 unspecified atom stereocenters. The maximum Gasteiger partial charge on any atom is 0.326 e. The van der Waals surface area contributed by atoms with E-state index in [0.717, 1.165) is 0 Å². The monoisotopic (exact) mass is 393 g/mol. The molecule has 0 spiro atoms. The molecule has 3 rings (SSSR count). The average molecular weight is 393 g/mol. The van der Waals surface area contributed by atoms with Gasteiger partial charge in [-0.05, 0) is 32.9 Å². The van der Waals surface area contributed by atoms with Crippen LogP contribution in [0.3, 0.4) is 0 Å². The highest BCUT2D eigenvalue weighted by atomic mass is 19.3. The van der Waals surface area contributed by atoms with Gasteiger partial charge in [-0.3, -0.25) is 4.79 Å². The Hall–Kier alpha value is -3.30. The Morgan fingerprint density at radius 2 is 1.96 bits per heavy atom. The van der Waals surface area contributed by atoms with Gasteiger partial charge < -0.3 is 19.4 Å². The third kappa shape index (κ3) is 3.71. The van der Waals surface area contributed by atoms with Gasteiger partial charge in [-0.15, -0.1) is 0 Å². The number of carbonyl (C=O) groups excluding carboxylic acids is 1. The average Bonchev–Trinajstić information content (AvgIpc) is 3.14. The van der Waals surface area contributed by atoms with Crippen LogP contribution in [0, 0.1) is 20.8 Å². The number of carbonyl (C=O) groups is 2. The number of fused-ring (bicyclic) bond motifs is 1. The van der Waals surface area contributed by atoms with Gasteiger partial charge in [0, 0.05) is 12.0 Å². The van der Waals surface area contributed by atoms with Gasteiger partial charge in [0.2, 0.25) is 6.43 Å². The van der Waals surface area contributed by atoms with Crippen molar-refractivity contribution in [3.05, 3.63) is 34.9 Å². The maximum atomic E-state index is 12.7. The lowest BCUT2D eigenvalue weighted by atomic mass is 10.0. The number of carboxylic acids is 1. The third-order valence-electron chi connectivity index (χ3n) is 4.20. The van der Waals surface area contributed by atoms with Crippen LogP contribution in [0.4, 0.5) is 8.78 Å². The fourth-order valence-electron chi connectivity index (χ4n) is 2.93. The number of aliphatic carboxylic acids is 1. The zero-order valence-electron chi connectivity index (χ0n) is 15.2. The molecule has 0 aliphatic rings. The zero-order chi connectivity index (χ0) is 20.6. The molecular weight excluding hydrogens is 376 g/mol. The van der Waals surface area contributed by atoms with E-state index in [0.29, 0.717) is 28.5 Å². The lowest BCUT2D eigenvalue weighted by molar-refractivity contribution is -0.140. The van der Waals surface area contributed by atoms with E-state index in [1.54, 1.807) is 26.8 Å². The summed E-state index contributed by atoms with van der Waals surface area (Å²) in [5, 5.41) is 15.3. The molecule has 0 radical (unpaired) electrons. The number of nitrogens with one attached hydrogen (secondary N) is 1. The molecule has 0 aliphatic carbocycles. The molecule has 8 nitrogen and oxygen atoms in total. The molecule has 10 heteroatoms. The number of hydrogen-bond acceptors (Lipinski definition) is 6. The summed E-state index contributed by atoms with van der Waals surface area (Å²) >= 11 is 0. The molecule has 1 atom stereocenters. The number of furan rings is 1. The fourth-order valence-corrected chi connectivity index (χ4v) is 2.93. The molecule has 148 valence electrons. The Balaban J connectivity index is 2.08. The quantitative estimate of drug-likeness (QED) is 0.660. The Bertz CT molecular complexity index is 1060. The van der Waals surface area contributed by atoms with E-state index in [-0.39, 0.29) is 16.7 Å². The second-order valence-electron chi connectivity index (χ2n) is 6.32. The molecule has 0 saturated carbocycles. The van der Waals surface area contributed by atoms with Crippen LogP contribution in [0.15, 0.2) is 21.1 Å². The first-order valence-electron chi connectivity index (χ1n) is 8.33. The van der Waals surface area contributed by atoms with Gasteiger partial charge in [0.1, 0.15) is 17.6 Å². The number of nitrogens with zero attached hydrogens (tertiary/aromatic N) is 2. The number of aromatic nitrogens is 2. The minimum Gasteiger partial charge on any atom is -0.480 e. The second kappa shape index (κ2) is 7.37. The largest absolute Gasteiger partial charge is 0.480 e. The van der Waals surface area contributed by atoms with Crippen LogP contribution in [-0.4, -0.2) is 39.6 Å². The van der Waals surface area contributed by atoms with E-state index in [1.807, 2.05) is 0 Å². The van der Waals surface area contributed by atoms with Crippen molar-refractivity contribution in [2.45, 2.75) is 39.7 Å². The standard InChI is InChI=1S/C18H17F2N3O5/c1-7-4-10(9(3)27-7)12-5-11(15-8(2)23-28-17(15)22-12)16(24)21-13(18(25)26)6-14(19)20/h4-5,13-14H,6H2,1-3H3,(H,21,24)(H,25,26). The smallest absolute Gasteiger partial charge is 0.326 e. The molecule has 1 amide bonds. The van der Waals surface area contributed by atoms with Gasteiger partial charge in [0.15, 0.2) is 0 Å². The van der Waals surface area contributed by atoms with Crippen molar-refractivity contribution in [3.8, 4) is 11.3 Å². The Kier molecular flexibility index (Phi) is 5.12. The van der Waals surface area contributed by atoms with Gasteiger partial charge >= 0.3 is 5.97 Å². The molecule has 0 aliphatic heterocycles. The van der Waals surface area contributed by atoms with Gasteiger partial charge in [0.25, 0.3) is 11.6 Å². The number of halogens is 2. The fraction of sp³-hybridized carbons (Fsp3) is 0.333. The van der Waals surface area contributed by atoms with E-state index in [2.05, 4.69) is 15.5 Å². The molecule has 2 N–H and O–H groups in total. The summed E-state index contributed by atoms with van der Waals surface area (Å²) in [5.74, 6) is -1.20. The van der Waals surface area contributed by atoms with Crippen LogP contribution in [0.25, 0.3) is 22.4 Å². The zero-order valence-corrected chi connectivity index (χ0v) is 15.2. The van der Waals surface area contributed by atoms with Gasteiger partial charge in [-0.1, -0.05) is 5.16 Å². The second-order valence-corrected chi connectivity index (χ2v) is 6.32. The number of carboxylic acid groups (broad SMARTS) is 1. The summed E-state index contributed by atoms with van der Waals surface area (Å²) in [6, 6.07) is 1.42. The molecule has 3 aromatic rings. The summed E-state index contributed by atoms with van der Waals surface area (Å²) in [5.41, 5.74) is 1.42. The SMILES string of the molecule is Cc1cc(-c2cc(C(=O)NC(CC(F)F)C(=O)O)c3c(C)noc3n2)c(C)o1. The third-order valence-corrected chi connectivity index (χ3v) is 4.20. The topological polar surface area (TPSA) is 118 Å². The van der Waals surface area contributed by atoms with Crippen LogP contribution < -0.4 is 5.32 Å². The summed E-state index contributed by atoms with van der Waals surface area (Å²) in [7, 11) is 0. The highest BCUT2D eigenvalue weighted by Gasteiger charge is 2.27. The van der Waals surface area contributed by atoms with Crippen molar-refractivity contribution in [2.24, 2.45) is 0 Å². The predicted molar refractivity (Wildman–Crippen MR) is 93.2 cm³/mol. The number of alkyl halides is 2. The van der Waals surface area contributed by atoms with E-state index in [1.165, 1.54) is 6.07 Å². The van der Waals surface area contributed by atoms with Gasteiger partial charge in [-0.2, -0.15) is 0 Å². The number of rotatable bonds is 6. The number of aryl methyl sites for hydroxylation is 3. The molecule has 3 heterocycles. The Labute approximate surface area is 157 Å². The molecule has 3 aromatic heterocycles. The first kappa shape index (κ1) is 19.5. The van der Waals surface area contributed by atoms with Gasteiger partial charge in [-0.25, -0.2) is 18.6 Å². The number of amides is 1. The van der Waals surface area contributed by atoms with E-state index in [9.17, 15) is 18.4 Å². The molecule has 0 fully saturated rings. The molecular formula is C18H17F2N3O5. The molecule has 28 heavy (non-hydrogen) atoms. The van der Waals surface area contributed by atoms with Crippen LogP contribution in [0.2, 0.25) is 0 Å². The number of hydrogen-bond donors (Lipinski definition) is 2. The lowest BCUT2D eigenvalue weighted by Gasteiger charge is -2.14. The van der Waals surface area contributed by atoms with Crippen LogP contribution in [-0.2, 0) is 4.79 Å². The first-order chi connectivity index (χ1) is 13.2. The minimum atomic E-state index is -2.89. The lowest BCUT2D eigenvalue weighted by Crippen LogP contribution is -2.42. The normalized spacial score (nSPS) is 12.5. The van der Waals surface area contributed by atoms with E-state index >= 15 is 0 Å². The molecule has 0 aromatic carbocycles. The first-order valence-corrected chi connectivity index (χ1v) is 8.33. The van der Waals surface area contributed by atoms with Crippen LogP contribution in [0.1, 0.15) is 34.0 Å². The van der Waals surface area contributed by atoms with Crippen molar-refractivity contribution < 1.29 is 32.4 Å². The highest BCUT2D eigenvalue weighted by Crippen LogP contribution is 2.30. The van der Waals surface area contributed by atoms with Crippen molar-refractivity contribution >= 4 is 23.0 Å². The van der Waals surface area contributed by atoms with Crippen LogP contribution >= 0.6 is 0 Å². The van der Waals surface area contributed by atoms with E-state index in [4.69, 9.17) is 14.0 Å². The Morgan fingerprint density at radius 1 is 1.25 bits per heavy atom. The minimum absolute atomic E-state index is 0.0255. The Morgan fingerprint density at radius 3 is 2.54 bits per heavy atom.